The number of hydrogen-bond donors (Lipinski definition) is 0. The zero-order chi connectivity index (χ0) is 20.4. The lowest BCUT2D eigenvalue weighted by Crippen LogP contribution is -2.46. The Bertz CT molecular complexity index is 579. The fourth-order valence-corrected chi connectivity index (χ4v) is 3.52. The van der Waals surface area contributed by atoms with Crippen LogP contribution in [0.3, 0.4) is 0 Å². The molecule has 2 rings (SSSR count). The van der Waals surface area contributed by atoms with Crippen molar-refractivity contribution in [3.8, 4) is 0 Å². The van der Waals surface area contributed by atoms with Crippen LogP contribution >= 0.6 is 0 Å². The minimum Gasteiger partial charge on any atom is -0.467 e. The molecule has 0 saturated carbocycles. The van der Waals surface area contributed by atoms with Crippen molar-refractivity contribution in [3.05, 3.63) is 24.2 Å². The molecule has 0 aliphatic carbocycles. The Morgan fingerprint density at radius 3 is 2.64 bits per heavy atom. The molecule has 1 atom stereocenters. The smallest absolute Gasteiger partial charge is 0.242 e. The Morgan fingerprint density at radius 1 is 1.21 bits per heavy atom. The second-order valence-electron chi connectivity index (χ2n) is 8.11. The fourth-order valence-electron chi connectivity index (χ4n) is 3.52. The predicted octanol–water partition coefficient (Wildman–Crippen LogP) is 3.85. The third-order valence-corrected chi connectivity index (χ3v) is 4.99. The highest BCUT2D eigenvalue weighted by Gasteiger charge is 2.26. The minimum absolute atomic E-state index is 0.0450. The van der Waals surface area contributed by atoms with E-state index in [1.54, 1.807) is 16.1 Å². The first kappa shape index (κ1) is 22.5. The van der Waals surface area contributed by atoms with Crippen LogP contribution in [0.4, 0.5) is 0 Å². The standard InChI is InChI=1S/C22H36N2O4/c1-4-5-6-11-21(25)23(14-18(2)3)17-22(26)24(15-19-9-7-12-27-19)16-20-10-8-13-28-20/h7,9,12,18,20H,4-6,8,10-11,13-17H2,1-3H3/t20-/m1/s1. The molecule has 28 heavy (non-hydrogen) atoms. The number of furan rings is 1. The second kappa shape index (κ2) is 11.9. The highest BCUT2D eigenvalue weighted by atomic mass is 16.5. The lowest BCUT2D eigenvalue weighted by atomic mass is 10.1. The summed E-state index contributed by atoms with van der Waals surface area (Å²) in [4.78, 5) is 29.3. The third-order valence-electron chi connectivity index (χ3n) is 4.99. The summed E-state index contributed by atoms with van der Waals surface area (Å²) in [6, 6.07) is 3.70. The normalized spacial score (nSPS) is 16.5. The summed E-state index contributed by atoms with van der Waals surface area (Å²) in [6.45, 7) is 8.69. The van der Waals surface area contributed by atoms with Crippen LogP contribution in [0.5, 0.6) is 0 Å². The van der Waals surface area contributed by atoms with Gasteiger partial charge in [0.25, 0.3) is 0 Å². The van der Waals surface area contributed by atoms with E-state index in [1.807, 2.05) is 12.1 Å². The van der Waals surface area contributed by atoms with Gasteiger partial charge < -0.3 is 19.0 Å². The van der Waals surface area contributed by atoms with E-state index >= 15 is 0 Å². The number of unbranched alkanes of at least 4 members (excludes halogenated alkanes) is 2. The van der Waals surface area contributed by atoms with Crippen LogP contribution in [-0.2, 0) is 20.9 Å². The molecule has 0 N–H and O–H groups in total. The Balaban J connectivity index is 2.02. The van der Waals surface area contributed by atoms with Gasteiger partial charge in [0, 0.05) is 26.1 Å². The molecule has 0 spiro atoms. The van der Waals surface area contributed by atoms with Crippen molar-refractivity contribution in [1.29, 1.82) is 0 Å². The summed E-state index contributed by atoms with van der Waals surface area (Å²) in [5.74, 6) is 1.09. The van der Waals surface area contributed by atoms with Gasteiger partial charge in [-0.15, -0.1) is 0 Å². The molecule has 1 saturated heterocycles. The molecule has 2 amide bonds. The topological polar surface area (TPSA) is 63.0 Å². The van der Waals surface area contributed by atoms with Crippen LogP contribution in [0.15, 0.2) is 22.8 Å². The highest BCUT2D eigenvalue weighted by molar-refractivity contribution is 5.84. The summed E-state index contributed by atoms with van der Waals surface area (Å²) in [5, 5.41) is 0. The molecule has 6 heteroatoms. The maximum Gasteiger partial charge on any atom is 0.242 e. The first-order chi connectivity index (χ1) is 13.5. The lowest BCUT2D eigenvalue weighted by Gasteiger charge is -2.29. The molecule has 0 radical (unpaired) electrons. The van der Waals surface area contributed by atoms with Crippen LogP contribution in [0.25, 0.3) is 0 Å². The monoisotopic (exact) mass is 392 g/mol. The quantitative estimate of drug-likeness (QED) is 0.507. The van der Waals surface area contributed by atoms with Gasteiger partial charge in [-0.2, -0.15) is 0 Å². The van der Waals surface area contributed by atoms with Crippen LogP contribution in [-0.4, -0.2) is 54.0 Å². The van der Waals surface area contributed by atoms with E-state index in [0.29, 0.717) is 32.0 Å². The molecular formula is C22H36N2O4. The van der Waals surface area contributed by atoms with Crippen LogP contribution in [0, 0.1) is 5.92 Å². The van der Waals surface area contributed by atoms with Crippen molar-refractivity contribution in [2.24, 2.45) is 5.92 Å². The molecule has 6 nitrogen and oxygen atoms in total. The van der Waals surface area contributed by atoms with Gasteiger partial charge in [0.2, 0.25) is 11.8 Å². The minimum atomic E-state index is -0.0450. The fraction of sp³-hybridized carbons (Fsp3) is 0.727. The average molecular weight is 393 g/mol. The second-order valence-corrected chi connectivity index (χ2v) is 8.11. The van der Waals surface area contributed by atoms with Crippen LogP contribution in [0.1, 0.15) is 65.1 Å². The molecule has 0 unspecified atom stereocenters. The average Bonchev–Trinajstić information content (AvgIpc) is 3.34. The van der Waals surface area contributed by atoms with Crippen molar-refractivity contribution in [3.63, 3.8) is 0 Å². The first-order valence-electron chi connectivity index (χ1n) is 10.7. The number of nitrogens with zero attached hydrogens (tertiary/aromatic N) is 2. The van der Waals surface area contributed by atoms with E-state index in [0.717, 1.165) is 44.5 Å². The number of carbonyl (C=O) groups excluding carboxylic acids is 2. The van der Waals surface area contributed by atoms with E-state index in [-0.39, 0.29) is 24.5 Å². The van der Waals surface area contributed by atoms with Gasteiger partial charge in [0.05, 0.1) is 25.5 Å². The SMILES string of the molecule is CCCCCC(=O)N(CC(=O)N(Cc1ccco1)C[C@H]1CCCO1)CC(C)C. The zero-order valence-corrected chi connectivity index (χ0v) is 17.7. The lowest BCUT2D eigenvalue weighted by molar-refractivity contribution is -0.142. The largest absolute Gasteiger partial charge is 0.467 e. The number of ether oxygens (including phenoxy) is 1. The maximum absolute atomic E-state index is 13.1. The number of rotatable bonds is 12. The summed E-state index contributed by atoms with van der Waals surface area (Å²) < 4.78 is 11.2. The Kier molecular flexibility index (Phi) is 9.55. The molecule has 2 heterocycles. The summed E-state index contributed by atoms with van der Waals surface area (Å²) in [5.41, 5.74) is 0. The third kappa shape index (κ3) is 7.66. The van der Waals surface area contributed by atoms with Gasteiger partial charge in [0.15, 0.2) is 0 Å². The Morgan fingerprint density at radius 2 is 2.04 bits per heavy atom. The number of carbonyl (C=O) groups is 2. The molecule has 1 aromatic heterocycles. The van der Waals surface area contributed by atoms with Gasteiger partial charge in [-0.05, 0) is 37.3 Å². The first-order valence-corrected chi connectivity index (χ1v) is 10.7. The van der Waals surface area contributed by atoms with Crippen LogP contribution in [0.2, 0.25) is 0 Å². The van der Waals surface area contributed by atoms with Crippen molar-refractivity contribution >= 4 is 11.8 Å². The summed E-state index contributed by atoms with van der Waals surface area (Å²) in [7, 11) is 0. The maximum atomic E-state index is 13.1. The molecule has 1 aliphatic rings. The molecule has 1 aliphatic heterocycles. The summed E-state index contributed by atoms with van der Waals surface area (Å²) in [6.07, 6.45) is 7.19. The predicted molar refractivity (Wildman–Crippen MR) is 109 cm³/mol. The van der Waals surface area contributed by atoms with E-state index in [2.05, 4.69) is 20.8 Å². The molecule has 0 aromatic carbocycles. The highest BCUT2D eigenvalue weighted by Crippen LogP contribution is 2.16. The van der Waals surface area contributed by atoms with Gasteiger partial charge in [-0.25, -0.2) is 0 Å². The van der Waals surface area contributed by atoms with Crippen molar-refractivity contribution in [1.82, 2.24) is 9.80 Å². The van der Waals surface area contributed by atoms with Crippen molar-refractivity contribution < 1.29 is 18.7 Å². The van der Waals surface area contributed by atoms with Gasteiger partial charge in [-0.1, -0.05) is 33.6 Å². The van der Waals surface area contributed by atoms with E-state index in [9.17, 15) is 9.59 Å². The van der Waals surface area contributed by atoms with Crippen molar-refractivity contribution in [2.75, 3.05) is 26.2 Å². The van der Waals surface area contributed by atoms with E-state index < -0.39 is 0 Å². The molecule has 158 valence electrons. The Hall–Kier alpha value is -1.82. The van der Waals surface area contributed by atoms with Gasteiger partial charge >= 0.3 is 0 Å². The van der Waals surface area contributed by atoms with Crippen molar-refractivity contribution in [2.45, 2.75) is 71.9 Å². The van der Waals surface area contributed by atoms with E-state index in [1.165, 1.54) is 0 Å². The van der Waals surface area contributed by atoms with Crippen LogP contribution < -0.4 is 0 Å². The number of amides is 2. The molecule has 0 bridgehead atoms. The zero-order valence-electron chi connectivity index (χ0n) is 17.7. The number of hydrogen-bond acceptors (Lipinski definition) is 4. The molecule has 1 aromatic rings. The van der Waals surface area contributed by atoms with Gasteiger partial charge in [-0.3, -0.25) is 9.59 Å². The molecular weight excluding hydrogens is 356 g/mol. The van der Waals surface area contributed by atoms with Gasteiger partial charge in [0.1, 0.15) is 5.76 Å². The van der Waals surface area contributed by atoms with E-state index in [4.69, 9.17) is 9.15 Å². The molecule has 1 fully saturated rings. The summed E-state index contributed by atoms with van der Waals surface area (Å²) >= 11 is 0. The Labute approximate surface area is 169 Å².